The van der Waals surface area contributed by atoms with Crippen LogP contribution in [-0.2, 0) is 0 Å². The number of hydrogen-bond donors (Lipinski definition) is 1. The van der Waals surface area contributed by atoms with Crippen molar-refractivity contribution in [2.45, 2.75) is 30.9 Å². The molecule has 1 aromatic rings. The molecule has 90 valence electrons. The van der Waals surface area contributed by atoms with E-state index in [2.05, 4.69) is 26.1 Å². The Morgan fingerprint density at radius 1 is 1.25 bits per heavy atom. The van der Waals surface area contributed by atoms with Crippen LogP contribution >= 0.6 is 11.8 Å². The van der Waals surface area contributed by atoms with Crippen LogP contribution < -0.4 is 5.32 Å². The molecule has 0 fully saturated rings. The van der Waals surface area contributed by atoms with E-state index in [4.69, 9.17) is 0 Å². The summed E-state index contributed by atoms with van der Waals surface area (Å²) in [4.78, 5) is 0.999. The number of rotatable bonds is 6. The molecule has 1 unspecified atom stereocenters. The lowest BCUT2D eigenvalue weighted by molar-refractivity contribution is 0.554. The molecule has 0 spiro atoms. The van der Waals surface area contributed by atoms with Crippen LogP contribution in [0.1, 0.15) is 20.8 Å². The quantitative estimate of drug-likeness (QED) is 0.764. The van der Waals surface area contributed by atoms with Gasteiger partial charge in [-0.25, -0.2) is 4.39 Å². The second-order valence-electron chi connectivity index (χ2n) is 4.44. The molecule has 0 saturated carbocycles. The first kappa shape index (κ1) is 13.5. The Kier molecular flexibility index (Phi) is 5.85. The maximum atomic E-state index is 12.9. The lowest BCUT2D eigenvalue weighted by Crippen LogP contribution is -2.26. The topological polar surface area (TPSA) is 12.0 Å². The predicted octanol–water partition coefficient (Wildman–Crippen LogP) is 3.55. The molecule has 0 bridgehead atoms. The van der Waals surface area contributed by atoms with Crippen molar-refractivity contribution in [3.05, 3.63) is 30.1 Å². The monoisotopic (exact) mass is 241 g/mol. The molecule has 0 radical (unpaired) electrons. The SMILES string of the molecule is CC(C)CNCC(C)Sc1cccc(F)c1. The van der Waals surface area contributed by atoms with E-state index in [1.165, 1.54) is 6.07 Å². The van der Waals surface area contributed by atoms with Gasteiger partial charge >= 0.3 is 0 Å². The van der Waals surface area contributed by atoms with Gasteiger partial charge < -0.3 is 5.32 Å². The first-order valence-corrected chi connectivity index (χ1v) is 6.59. The largest absolute Gasteiger partial charge is 0.315 e. The van der Waals surface area contributed by atoms with E-state index in [1.54, 1.807) is 23.9 Å². The number of halogens is 1. The third kappa shape index (κ3) is 5.52. The maximum absolute atomic E-state index is 12.9. The van der Waals surface area contributed by atoms with Crippen LogP contribution in [-0.4, -0.2) is 18.3 Å². The zero-order valence-corrected chi connectivity index (χ0v) is 11.0. The van der Waals surface area contributed by atoms with E-state index in [0.717, 1.165) is 18.0 Å². The molecule has 1 rings (SSSR count). The summed E-state index contributed by atoms with van der Waals surface area (Å²) in [7, 11) is 0. The van der Waals surface area contributed by atoms with E-state index in [9.17, 15) is 4.39 Å². The Labute approximate surface area is 102 Å². The molecule has 1 atom stereocenters. The van der Waals surface area contributed by atoms with Crippen molar-refractivity contribution in [2.24, 2.45) is 5.92 Å². The van der Waals surface area contributed by atoms with Crippen molar-refractivity contribution in [2.75, 3.05) is 13.1 Å². The molecule has 1 N–H and O–H groups in total. The highest BCUT2D eigenvalue weighted by Gasteiger charge is 2.05. The number of hydrogen-bond acceptors (Lipinski definition) is 2. The molecule has 0 aliphatic heterocycles. The third-order valence-electron chi connectivity index (χ3n) is 2.12. The van der Waals surface area contributed by atoms with Gasteiger partial charge in [-0.1, -0.05) is 26.8 Å². The average molecular weight is 241 g/mol. The molecule has 1 nitrogen and oxygen atoms in total. The highest BCUT2D eigenvalue weighted by Crippen LogP contribution is 2.23. The molecular formula is C13H20FNS. The van der Waals surface area contributed by atoms with Gasteiger partial charge in [-0.05, 0) is 30.7 Å². The maximum Gasteiger partial charge on any atom is 0.124 e. The smallest absolute Gasteiger partial charge is 0.124 e. The van der Waals surface area contributed by atoms with Crippen molar-refractivity contribution in [3.8, 4) is 0 Å². The van der Waals surface area contributed by atoms with E-state index < -0.39 is 0 Å². The van der Waals surface area contributed by atoms with Gasteiger partial charge in [0.1, 0.15) is 5.82 Å². The summed E-state index contributed by atoms with van der Waals surface area (Å²) in [5.41, 5.74) is 0. The van der Waals surface area contributed by atoms with Crippen molar-refractivity contribution in [1.29, 1.82) is 0 Å². The molecule has 1 aromatic carbocycles. The van der Waals surface area contributed by atoms with Gasteiger partial charge in [0.2, 0.25) is 0 Å². The van der Waals surface area contributed by atoms with Gasteiger partial charge in [-0.15, -0.1) is 11.8 Å². The lowest BCUT2D eigenvalue weighted by Gasteiger charge is -2.13. The fraction of sp³-hybridized carbons (Fsp3) is 0.538. The average Bonchev–Trinajstić information content (AvgIpc) is 2.16. The molecule has 0 aromatic heterocycles. The number of benzene rings is 1. The predicted molar refractivity (Wildman–Crippen MR) is 69.4 cm³/mol. The first-order chi connectivity index (χ1) is 7.58. The Balaban J connectivity index is 2.31. The highest BCUT2D eigenvalue weighted by molar-refractivity contribution is 8.00. The summed E-state index contributed by atoms with van der Waals surface area (Å²) < 4.78 is 12.9. The van der Waals surface area contributed by atoms with Gasteiger partial charge in [-0.2, -0.15) is 0 Å². The standard InChI is InChI=1S/C13H20FNS/c1-10(2)8-15-9-11(3)16-13-6-4-5-12(14)7-13/h4-7,10-11,15H,8-9H2,1-3H3. The van der Waals surface area contributed by atoms with Crippen molar-refractivity contribution in [1.82, 2.24) is 5.32 Å². The van der Waals surface area contributed by atoms with Gasteiger partial charge in [0.15, 0.2) is 0 Å². The second-order valence-corrected chi connectivity index (χ2v) is 5.95. The van der Waals surface area contributed by atoms with Gasteiger partial charge in [-0.3, -0.25) is 0 Å². The van der Waals surface area contributed by atoms with Crippen LogP contribution in [0, 0.1) is 11.7 Å². The molecular weight excluding hydrogens is 221 g/mol. The highest BCUT2D eigenvalue weighted by atomic mass is 32.2. The van der Waals surface area contributed by atoms with Crippen LogP contribution in [0.25, 0.3) is 0 Å². The van der Waals surface area contributed by atoms with E-state index in [1.807, 2.05) is 6.07 Å². The molecule has 0 heterocycles. The minimum absolute atomic E-state index is 0.160. The molecule has 0 saturated heterocycles. The Bertz CT molecular complexity index is 315. The number of thioether (sulfide) groups is 1. The molecule has 3 heteroatoms. The number of nitrogens with one attached hydrogen (secondary N) is 1. The molecule has 16 heavy (non-hydrogen) atoms. The Morgan fingerprint density at radius 3 is 2.62 bits per heavy atom. The second kappa shape index (κ2) is 6.92. The summed E-state index contributed by atoms with van der Waals surface area (Å²) in [5, 5.41) is 3.86. The van der Waals surface area contributed by atoms with Crippen LogP contribution in [0.2, 0.25) is 0 Å². The zero-order chi connectivity index (χ0) is 12.0. The van der Waals surface area contributed by atoms with Crippen LogP contribution in [0.15, 0.2) is 29.2 Å². The van der Waals surface area contributed by atoms with Crippen LogP contribution in [0.3, 0.4) is 0 Å². The molecule has 0 aliphatic rings. The Hall–Kier alpha value is -0.540. The van der Waals surface area contributed by atoms with Gasteiger partial charge in [0.05, 0.1) is 0 Å². The Morgan fingerprint density at radius 2 is 2.00 bits per heavy atom. The third-order valence-corrected chi connectivity index (χ3v) is 3.21. The summed E-state index contributed by atoms with van der Waals surface area (Å²) in [6.07, 6.45) is 0. The summed E-state index contributed by atoms with van der Waals surface area (Å²) in [6, 6.07) is 6.77. The summed E-state index contributed by atoms with van der Waals surface area (Å²) >= 11 is 1.71. The van der Waals surface area contributed by atoms with Crippen LogP contribution in [0.4, 0.5) is 4.39 Å². The van der Waals surface area contributed by atoms with Gasteiger partial charge in [0, 0.05) is 16.7 Å². The van der Waals surface area contributed by atoms with Crippen molar-refractivity contribution < 1.29 is 4.39 Å². The van der Waals surface area contributed by atoms with E-state index >= 15 is 0 Å². The summed E-state index contributed by atoms with van der Waals surface area (Å²) in [6.45, 7) is 8.53. The fourth-order valence-corrected chi connectivity index (χ4v) is 2.39. The van der Waals surface area contributed by atoms with Crippen LogP contribution in [0.5, 0.6) is 0 Å². The fourth-order valence-electron chi connectivity index (χ4n) is 1.39. The first-order valence-electron chi connectivity index (χ1n) is 5.71. The minimum Gasteiger partial charge on any atom is -0.315 e. The molecule has 0 amide bonds. The normalized spacial score (nSPS) is 13.1. The van der Waals surface area contributed by atoms with Gasteiger partial charge in [0.25, 0.3) is 0 Å². The lowest BCUT2D eigenvalue weighted by atomic mass is 10.2. The van der Waals surface area contributed by atoms with E-state index in [0.29, 0.717) is 11.2 Å². The minimum atomic E-state index is -0.160. The zero-order valence-electron chi connectivity index (χ0n) is 10.2. The molecule has 0 aliphatic carbocycles. The van der Waals surface area contributed by atoms with Crippen molar-refractivity contribution >= 4 is 11.8 Å². The summed E-state index contributed by atoms with van der Waals surface area (Å²) in [5.74, 6) is 0.513. The van der Waals surface area contributed by atoms with Crippen molar-refractivity contribution in [3.63, 3.8) is 0 Å². The van der Waals surface area contributed by atoms with E-state index in [-0.39, 0.29) is 5.82 Å².